The predicted octanol–water partition coefficient (Wildman–Crippen LogP) is 3.83. The van der Waals surface area contributed by atoms with Crippen LogP contribution in [0.15, 0.2) is 36.5 Å². The Bertz CT molecular complexity index is 588. The molecule has 0 amide bonds. The SMILES string of the molecule is CCC(CC)n1ccc(CC(C)(O)c2ccccc2F)n1. The van der Waals surface area contributed by atoms with Crippen molar-refractivity contribution in [2.75, 3.05) is 0 Å². The second-order valence-electron chi connectivity index (χ2n) is 5.69. The third-order valence-corrected chi connectivity index (χ3v) is 3.96. The van der Waals surface area contributed by atoms with Crippen LogP contribution in [0.4, 0.5) is 4.39 Å². The lowest BCUT2D eigenvalue weighted by Crippen LogP contribution is -2.26. The number of nitrogens with zero attached hydrogens (tertiary/aromatic N) is 2. The quantitative estimate of drug-likeness (QED) is 0.878. The molecule has 0 fully saturated rings. The van der Waals surface area contributed by atoms with E-state index >= 15 is 0 Å². The second kappa shape index (κ2) is 6.39. The lowest BCUT2D eigenvalue weighted by Gasteiger charge is -2.23. The number of hydrogen-bond donors (Lipinski definition) is 1. The first-order chi connectivity index (χ1) is 9.97. The van der Waals surface area contributed by atoms with Crippen molar-refractivity contribution in [3.63, 3.8) is 0 Å². The largest absolute Gasteiger partial charge is 0.385 e. The summed E-state index contributed by atoms with van der Waals surface area (Å²) in [6, 6.07) is 8.61. The third kappa shape index (κ3) is 3.50. The van der Waals surface area contributed by atoms with Crippen molar-refractivity contribution in [3.05, 3.63) is 53.6 Å². The maximum absolute atomic E-state index is 13.8. The average molecular weight is 290 g/mol. The Morgan fingerprint density at radius 3 is 2.52 bits per heavy atom. The molecule has 0 saturated carbocycles. The minimum Gasteiger partial charge on any atom is -0.385 e. The zero-order valence-corrected chi connectivity index (χ0v) is 12.9. The van der Waals surface area contributed by atoms with E-state index in [0.29, 0.717) is 18.0 Å². The highest BCUT2D eigenvalue weighted by atomic mass is 19.1. The molecule has 3 nitrogen and oxygen atoms in total. The summed E-state index contributed by atoms with van der Waals surface area (Å²) < 4.78 is 15.8. The van der Waals surface area contributed by atoms with Gasteiger partial charge in [0.25, 0.3) is 0 Å². The highest BCUT2D eigenvalue weighted by Crippen LogP contribution is 2.27. The standard InChI is InChI=1S/C17H23FN2O/c1-4-14(5-2)20-11-10-13(19-20)12-17(3,21)15-8-6-7-9-16(15)18/h6-11,14,21H,4-5,12H2,1-3H3. The van der Waals surface area contributed by atoms with E-state index in [1.165, 1.54) is 6.07 Å². The fourth-order valence-corrected chi connectivity index (χ4v) is 2.68. The number of benzene rings is 1. The number of halogens is 1. The van der Waals surface area contributed by atoms with Gasteiger partial charge in [0.1, 0.15) is 5.82 Å². The van der Waals surface area contributed by atoms with Gasteiger partial charge in [0.15, 0.2) is 0 Å². The number of rotatable bonds is 6. The predicted molar refractivity (Wildman–Crippen MR) is 81.5 cm³/mol. The molecule has 0 spiro atoms. The van der Waals surface area contributed by atoms with Gasteiger partial charge < -0.3 is 5.11 Å². The molecule has 0 radical (unpaired) electrons. The van der Waals surface area contributed by atoms with Gasteiger partial charge in [-0.25, -0.2) is 4.39 Å². The van der Waals surface area contributed by atoms with Gasteiger partial charge in [-0.3, -0.25) is 4.68 Å². The summed E-state index contributed by atoms with van der Waals surface area (Å²) in [7, 11) is 0. The van der Waals surface area contributed by atoms with E-state index in [1.807, 2.05) is 16.9 Å². The molecule has 4 heteroatoms. The Kier molecular flexibility index (Phi) is 4.78. The zero-order valence-electron chi connectivity index (χ0n) is 12.9. The van der Waals surface area contributed by atoms with Gasteiger partial charge >= 0.3 is 0 Å². The minimum absolute atomic E-state index is 0.293. The van der Waals surface area contributed by atoms with Crippen molar-refractivity contribution in [2.24, 2.45) is 0 Å². The second-order valence-corrected chi connectivity index (χ2v) is 5.69. The van der Waals surface area contributed by atoms with Crippen LogP contribution in [0.5, 0.6) is 0 Å². The highest BCUT2D eigenvalue weighted by molar-refractivity contribution is 5.25. The van der Waals surface area contributed by atoms with Crippen LogP contribution in [0.2, 0.25) is 0 Å². The van der Waals surface area contributed by atoms with Crippen LogP contribution >= 0.6 is 0 Å². The summed E-state index contributed by atoms with van der Waals surface area (Å²) in [6.07, 6.45) is 4.26. The summed E-state index contributed by atoms with van der Waals surface area (Å²) in [5.41, 5.74) is -0.185. The molecule has 2 aromatic rings. The summed E-state index contributed by atoms with van der Waals surface area (Å²) in [4.78, 5) is 0. The van der Waals surface area contributed by atoms with E-state index in [4.69, 9.17) is 0 Å². The molecule has 1 heterocycles. The summed E-state index contributed by atoms with van der Waals surface area (Å²) in [5.74, 6) is -0.387. The Morgan fingerprint density at radius 1 is 1.24 bits per heavy atom. The first kappa shape index (κ1) is 15.7. The summed E-state index contributed by atoms with van der Waals surface area (Å²) in [6.45, 7) is 5.89. The first-order valence-corrected chi connectivity index (χ1v) is 7.49. The smallest absolute Gasteiger partial charge is 0.129 e. The fourth-order valence-electron chi connectivity index (χ4n) is 2.68. The normalized spacial score (nSPS) is 14.4. The average Bonchev–Trinajstić information content (AvgIpc) is 2.88. The lowest BCUT2D eigenvalue weighted by molar-refractivity contribution is 0.0525. The lowest BCUT2D eigenvalue weighted by atomic mass is 9.91. The van der Waals surface area contributed by atoms with Gasteiger partial charge in [0, 0.05) is 18.2 Å². The van der Waals surface area contributed by atoms with Crippen molar-refractivity contribution in [3.8, 4) is 0 Å². The molecule has 0 aliphatic carbocycles. The first-order valence-electron chi connectivity index (χ1n) is 7.49. The molecular formula is C17H23FN2O. The molecule has 0 aliphatic rings. The maximum atomic E-state index is 13.8. The van der Waals surface area contributed by atoms with E-state index in [9.17, 15) is 9.50 Å². The molecule has 0 aliphatic heterocycles. The Morgan fingerprint density at radius 2 is 1.90 bits per heavy atom. The van der Waals surface area contributed by atoms with Crippen LogP contribution in [-0.2, 0) is 12.0 Å². The van der Waals surface area contributed by atoms with E-state index in [-0.39, 0.29) is 5.82 Å². The van der Waals surface area contributed by atoms with Crippen molar-refractivity contribution in [2.45, 2.75) is 51.7 Å². The van der Waals surface area contributed by atoms with Gasteiger partial charge in [0.05, 0.1) is 17.3 Å². The van der Waals surface area contributed by atoms with Crippen LogP contribution in [0.3, 0.4) is 0 Å². The van der Waals surface area contributed by atoms with E-state index < -0.39 is 5.60 Å². The zero-order chi connectivity index (χ0) is 15.5. The van der Waals surface area contributed by atoms with Crippen LogP contribution in [0.25, 0.3) is 0 Å². The summed E-state index contributed by atoms with van der Waals surface area (Å²) >= 11 is 0. The molecule has 1 atom stereocenters. The van der Waals surface area contributed by atoms with E-state index in [2.05, 4.69) is 18.9 Å². The molecule has 1 N–H and O–H groups in total. The van der Waals surface area contributed by atoms with Gasteiger partial charge in [-0.05, 0) is 31.9 Å². The van der Waals surface area contributed by atoms with Gasteiger partial charge in [-0.15, -0.1) is 0 Å². The van der Waals surface area contributed by atoms with Crippen molar-refractivity contribution in [1.82, 2.24) is 9.78 Å². The van der Waals surface area contributed by atoms with Crippen LogP contribution < -0.4 is 0 Å². The van der Waals surface area contributed by atoms with Crippen LogP contribution in [0.1, 0.15) is 50.9 Å². The van der Waals surface area contributed by atoms with Crippen molar-refractivity contribution in [1.29, 1.82) is 0 Å². The Hall–Kier alpha value is -1.68. The Balaban J connectivity index is 2.19. The molecule has 1 unspecified atom stereocenters. The highest BCUT2D eigenvalue weighted by Gasteiger charge is 2.27. The topological polar surface area (TPSA) is 38.0 Å². The molecule has 21 heavy (non-hydrogen) atoms. The molecule has 1 aromatic heterocycles. The third-order valence-electron chi connectivity index (χ3n) is 3.96. The number of hydrogen-bond acceptors (Lipinski definition) is 2. The van der Waals surface area contributed by atoms with Crippen LogP contribution in [0, 0.1) is 5.82 Å². The molecule has 0 saturated heterocycles. The van der Waals surface area contributed by atoms with Gasteiger partial charge in [0.2, 0.25) is 0 Å². The van der Waals surface area contributed by atoms with Crippen molar-refractivity contribution >= 4 is 0 Å². The van der Waals surface area contributed by atoms with Crippen molar-refractivity contribution < 1.29 is 9.50 Å². The maximum Gasteiger partial charge on any atom is 0.129 e. The van der Waals surface area contributed by atoms with Gasteiger partial charge in [-0.2, -0.15) is 5.10 Å². The minimum atomic E-state index is -1.27. The van der Waals surface area contributed by atoms with Gasteiger partial charge in [-0.1, -0.05) is 32.0 Å². The molecule has 0 bridgehead atoms. The Labute approximate surface area is 125 Å². The molecule has 2 rings (SSSR count). The molecule has 114 valence electrons. The summed E-state index contributed by atoms with van der Waals surface area (Å²) in [5, 5.41) is 15.1. The fraction of sp³-hybridized carbons (Fsp3) is 0.471. The number of aliphatic hydroxyl groups is 1. The monoisotopic (exact) mass is 290 g/mol. The number of aromatic nitrogens is 2. The molecular weight excluding hydrogens is 267 g/mol. The van der Waals surface area contributed by atoms with E-state index in [0.717, 1.165) is 18.5 Å². The molecule has 1 aromatic carbocycles. The van der Waals surface area contributed by atoms with E-state index in [1.54, 1.807) is 25.1 Å². The van der Waals surface area contributed by atoms with Crippen LogP contribution in [-0.4, -0.2) is 14.9 Å².